The Morgan fingerprint density at radius 1 is 1.41 bits per heavy atom. The molecule has 0 bridgehead atoms. The molecule has 0 aliphatic carbocycles. The number of nitrogens with zero attached hydrogens (tertiary/aromatic N) is 3. The molecule has 116 valence electrons. The van der Waals surface area contributed by atoms with Crippen LogP contribution in [-0.4, -0.2) is 46.0 Å². The summed E-state index contributed by atoms with van der Waals surface area (Å²) in [5, 5.41) is 0.500. The average molecular weight is 320 g/mol. The summed E-state index contributed by atoms with van der Waals surface area (Å²) in [4.78, 5) is 19.1. The second-order valence-corrected chi connectivity index (χ2v) is 6.56. The third-order valence-corrected chi connectivity index (χ3v) is 5.05. The SMILES string of the molecule is O=C(OC[C@@H]1CCN2CCC[C@@H]12)c1cc(Cl)cn2ccnc12. The number of carbonyl (C=O) groups is 1. The van der Waals surface area contributed by atoms with E-state index in [9.17, 15) is 4.79 Å². The maximum Gasteiger partial charge on any atom is 0.342 e. The molecule has 0 N–H and O–H groups in total. The number of halogens is 1. The molecule has 2 aromatic rings. The van der Waals surface area contributed by atoms with Crippen LogP contribution < -0.4 is 0 Å². The summed E-state index contributed by atoms with van der Waals surface area (Å²) in [5.41, 5.74) is 1.02. The third-order valence-electron chi connectivity index (χ3n) is 4.85. The minimum atomic E-state index is -0.338. The molecule has 0 radical (unpaired) electrons. The third kappa shape index (κ3) is 2.38. The highest BCUT2D eigenvalue weighted by atomic mass is 35.5. The largest absolute Gasteiger partial charge is 0.462 e. The molecule has 0 unspecified atom stereocenters. The van der Waals surface area contributed by atoms with E-state index in [0.717, 1.165) is 13.0 Å². The van der Waals surface area contributed by atoms with E-state index in [1.54, 1.807) is 29.1 Å². The molecule has 2 atom stereocenters. The molecule has 6 heteroatoms. The normalized spacial score (nSPS) is 24.8. The number of pyridine rings is 1. The van der Waals surface area contributed by atoms with Crippen molar-refractivity contribution in [3.63, 3.8) is 0 Å². The Kier molecular flexibility index (Phi) is 3.54. The first-order chi connectivity index (χ1) is 10.7. The number of rotatable bonds is 3. The van der Waals surface area contributed by atoms with Gasteiger partial charge >= 0.3 is 5.97 Å². The minimum absolute atomic E-state index is 0.338. The molecular formula is C16H18ClN3O2. The van der Waals surface area contributed by atoms with Gasteiger partial charge in [-0.1, -0.05) is 11.6 Å². The summed E-state index contributed by atoms with van der Waals surface area (Å²) in [6.07, 6.45) is 8.75. The van der Waals surface area contributed by atoms with Crippen LogP contribution in [0.15, 0.2) is 24.7 Å². The van der Waals surface area contributed by atoms with Gasteiger partial charge in [-0.3, -0.25) is 4.90 Å². The van der Waals surface area contributed by atoms with Crippen LogP contribution in [0.1, 0.15) is 29.6 Å². The van der Waals surface area contributed by atoms with E-state index in [2.05, 4.69) is 9.88 Å². The first-order valence-corrected chi connectivity index (χ1v) is 8.13. The highest BCUT2D eigenvalue weighted by Crippen LogP contribution is 2.33. The van der Waals surface area contributed by atoms with E-state index in [4.69, 9.17) is 16.3 Å². The van der Waals surface area contributed by atoms with Gasteiger partial charge in [0.15, 0.2) is 5.65 Å². The number of carbonyl (C=O) groups excluding carboxylic acids is 1. The standard InChI is InChI=1S/C16H18ClN3O2/c17-12-8-13(15-18-4-7-20(15)9-12)16(21)22-10-11-3-6-19-5-1-2-14(11)19/h4,7-9,11,14H,1-3,5-6,10H2/t11-,14-/m0/s1. The number of hydrogen-bond acceptors (Lipinski definition) is 4. The summed E-state index contributed by atoms with van der Waals surface area (Å²) in [6.45, 7) is 2.81. The molecule has 2 aliphatic rings. The van der Waals surface area contributed by atoms with Crippen LogP contribution >= 0.6 is 11.6 Å². The predicted octanol–water partition coefficient (Wildman–Crippen LogP) is 2.63. The number of aromatic nitrogens is 2. The van der Waals surface area contributed by atoms with Gasteiger partial charge in [-0.25, -0.2) is 9.78 Å². The summed E-state index contributed by atoms with van der Waals surface area (Å²) < 4.78 is 7.32. The zero-order valence-electron chi connectivity index (χ0n) is 12.2. The van der Waals surface area contributed by atoms with Crippen molar-refractivity contribution in [3.8, 4) is 0 Å². The van der Waals surface area contributed by atoms with Crippen LogP contribution in [0.4, 0.5) is 0 Å². The highest BCUT2D eigenvalue weighted by molar-refractivity contribution is 6.31. The first kappa shape index (κ1) is 14.0. The smallest absolute Gasteiger partial charge is 0.342 e. The van der Waals surface area contributed by atoms with Crippen LogP contribution in [0.2, 0.25) is 5.02 Å². The van der Waals surface area contributed by atoms with Crippen molar-refractivity contribution >= 4 is 23.2 Å². The fourth-order valence-electron chi connectivity index (χ4n) is 3.79. The van der Waals surface area contributed by atoms with Crippen molar-refractivity contribution in [1.29, 1.82) is 0 Å². The van der Waals surface area contributed by atoms with Crippen molar-refractivity contribution < 1.29 is 9.53 Å². The number of fused-ring (bicyclic) bond motifs is 2. The molecule has 2 fully saturated rings. The zero-order valence-corrected chi connectivity index (χ0v) is 13.0. The Labute approximate surface area is 133 Å². The van der Waals surface area contributed by atoms with E-state index < -0.39 is 0 Å². The fourth-order valence-corrected chi connectivity index (χ4v) is 4.01. The summed E-state index contributed by atoms with van der Waals surface area (Å²) in [7, 11) is 0. The Morgan fingerprint density at radius 3 is 3.23 bits per heavy atom. The second kappa shape index (κ2) is 5.56. The van der Waals surface area contributed by atoms with Crippen molar-refractivity contribution in [2.75, 3.05) is 19.7 Å². The van der Waals surface area contributed by atoms with E-state index in [-0.39, 0.29) is 5.97 Å². The van der Waals surface area contributed by atoms with Gasteiger partial charge in [-0.05, 0) is 38.4 Å². The monoisotopic (exact) mass is 319 g/mol. The predicted molar refractivity (Wildman–Crippen MR) is 83.2 cm³/mol. The molecule has 0 saturated carbocycles. The van der Waals surface area contributed by atoms with Crippen molar-refractivity contribution in [2.45, 2.75) is 25.3 Å². The van der Waals surface area contributed by atoms with Crippen molar-refractivity contribution in [3.05, 3.63) is 35.2 Å². The Balaban J connectivity index is 1.48. The van der Waals surface area contributed by atoms with E-state index in [1.165, 1.54) is 19.4 Å². The lowest BCUT2D eigenvalue weighted by atomic mass is 9.99. The molecule has 2 saturated heterocycles. The first-order valence-electron chi connectivity index (χ1n) is 7.76. The number of esters is 1. The van der Waals surface area contributed by atoms with Gasteiger partial charge in [-0.2, -0.15) is 0 Å². The molecule has 2 aliphatic heterocycles. The van der Waals surface area contributed by atoms with Crippen molar-refractivity contribution in [2.24, 2.45) is 5.92 Å². The maximum atomic E-state index is 12.4. The highest BCUT2D eigenvalue weighted by Gasteiger charge is 2.37. The maximum absolute atomic E-state index is 12.4. The summed E-state index contributed by atoms with van der Waals surface area (Å²) >= 11 is 6.06. The van der Waals surface area contributed by atoms with Gasteiger partial charge in [0.25, 0.3) is 0 Å². The topological polar surface area (TPSA) is 46.8 Å². The zero-order chi connectivity index (χ0) is 15.1. The summed E-state index contributed by atoms with van der Waals surface area (Å²) in [5.74, 6) is 0.122. The lowest BCUT2D eigenvalue weighted by molar-refractivity contribution is 0.0420. The molecule has 0 spiro atoms. The van der Waals surface area contributed by atoms with E-state index in [1.807, 2.05) is 0 Å². The molecule has 22 heavy (non-hydrogen) atoms. The summed E-state index contributed by atoms with van der Waals surface area (Å²) in [6, 6.07) is 2.22. The number of imidazole rings is 1. The lowest BCUT2D eigenvalue weighted by Gasteiger charge is -2.20. The minimum Gasteiger partial charge on any atom is -0.462 e. The number of ether oxygens (including phenoxy) is 1. The van der Waals surface area contributed by atoms with E-state index >= 15 is 0 Å². The van der Waals surface area contributed by atoms with Gasteiger partial charge in [0.2, 0.25) is 0 Å². The Bertz CT molecular complexity index is 714. The van der Waals surface area contributed by atoms with E-state index in [0.29, 0.717) is 34.8 Å². The molecule has 2 aromatic heterocycles. The van der Waals surface area contributed by atoms with Gasteiger partial charge in [0, 0.05) is 30.6 Å². The molecule has 4 heterocycles. The molecule has 4 rings (SSSR count). The van der Waals surface area contributed by atoms with Crippen LogP contribution in [0.3, 0.4) is 0 Å². The van der Waals surface area contributed by atoms with Gasteiger partial charge in [0.05, 0.1) is 11.6 Å². The quantitative estimate of drug-likeness (QED) is 0.816. The molecule has 0 amide bonds. The molecule has 0 aromatic carbocycles. The molecular weight excluding hydrogens is 302 g/mol. The van der Waals surface area contributed by atoms with Crippen molar-refractivity contribution in [1.82, 2.24) is 14.3 Å². The Hall–Kier alpha value is -1.59. The van der Waals surface area contributed by atoms with Crippen LogP contribution in [0.25, 0.3) is 5.65 Å². The van der Waals surface area contributed by atoms with Crippen LogP contribution in [-0.2, 0) is 4.74 Å². The number of hydrogen-bond donors (Lipinski definition) is 0. The van der Waals surface area contributed by atoms with Gasteiger partial charge in [0.1, 0.15) is 5.56 Å². The lowest BCUT2D eigenvalue weighted by Crippen LogP contribution is -2.28. The average Bonchev–Trinajstić information content (AvgIpc) is 3.20. The second-order valence-electron chi connectivity index (χ2n) is 6.12. The van der Waals surface area contributed by atoms with Crippen LogP contribution in [0, 0.1) is 5.92 Å². The van der Waals surface area contributed by atoms with Gasteiger partial charge < -0.3 is 9.14 Å². The van der Waals surface area contributed by atoms with Gasteiger partial charge in [-0.15, -0.1) is 0 Å². The molecule has 5 nitrogen and oxygen atoms in total. The van der Waals surface area contributed by atoms with Crippen LogP contribution in [0.5, 0.6) is 0 Å². The fraction of sp³-hybridized carbons (Fsp3) is 0.500. The Morgan fingerprint density at radius 2 is 2.32 bits per heavy atom.